The highest BCUT2D eigenvalue weighted by Gasteiger charge is 2.16. The Labute approximate surface area is 124 Å². The average Bonchev–Trinajstić information content (AvgIpc) is 2.23. The lowest BCUT2D eigenvalue weighted by Crippen LogP contribution is -2.36. The number of aryl methyl sites for hydroxylation is 1. The molecule has 0 fully saturated rings. The molecule has 0 aliphatic carbocycles. The molecule has 0 aliphatic heterocycles. The van der Waals surface area contributed by atoms with Crippen LogP contribution < -0.4 is 10.2 Å². The van der Waals surface area contributed by atoms with Crippen LogP contribution >= 0.6 is 0 Å². The van der Waals surface area contributed by atoms with Gasteiger partial charge < -0.3 is 15.3 Å². The number of likely N-dealkylation sites (N-methyl/N-ethyl adjacent to an activating group) is 1. The number of anilines is 1. The van der Waals surface area contributed by atoms with E-state index in [4.69, 9.17) is 0 Å². The summed E-state index contributed by atoms with van der Waals surface area (Å²) in [5.74, 6) is 0. The number of benzene rings is 1. The van der Waals surface area contributed by atoms with E-state index in [1.54, 1.807) is 0 Å². The molecule has 3 heteroatoms. The summed E-state index contributed by atoms with van der Waals surface area (Å²) in [4.78, 5) is 2.09. The van der Waals surface area contributed by atoms with Crippen LogP contribution in [0.5, 0.6) is 0 Å². The van der Waals surface area contributed by atoms with Gasteiger partial charge in [0.2, 0.25) is 0 Å². The molecule has 0 saturated carbocycles. The minimum atomic E-state index is -0.685. The van der Waals surface area contributed by atoms with Gasteiger partial charge in [0.15, 0.2) is 0 Å². The van der Waals surface area contributed by atoms with Crippen LogP contribution in [0.4, 0.5) is 5.69 Å². The third-order valence-electron chi connectivity index (χ3n) is 3.20. The van der Waals surface area contributed by atoms with Gasteiger partial charge in [-0.25, -0.2) is 0 Å². The van der Waals surface area contributed by atoms with Gasteiger partial charge in [-0.1, -0.05) is 6.07 Å². The number of rotatable bonds is 5. The molecule has 1 aromatic rings. The second-order valence-electron chi connectivity index (χ2n) is 7.38. The third-order valence-corrected chi connectivity index (χ3v) is 3.20. The fraction of sp³-hybridized carbons (Fsp3) is 0.647. The Hall–Kier alpha value is -1.06. The third kappa shape index (κ3) is 5.93. The van der Waals surface area contributed by atoms with Crippen LogP contribution in [0.15, 0.2) is 18.2 Å². The zero-order valence-corrected chi connectivity index (χ0v) is 14.0. The maximum absolute atomic E-state index is 9.90. The molecule has 0 saturated heterocycles. The molecule has 0 amide bonds. The Balaban J connectivity index is 2.77. The van der Waals surface area contributed by atoms with E-state index in [2.05, 4.69) is 56.1 Å². The van der Waals surface area contributed by atoms with E-state index >= 15 is 0 Å². The van der Waals surface area contributed by atoms with Crippen molar-refractivity contribution in [2.45, 2.75) is 59.2 Å². The zero-order valence-electron chi connectivity index (χ0n) is 14.0. The van der Waals surface area contributed by atoms with Crippen LogP contribution in [-0.4, -0.2) is 29.8 Å². The number of hydrogen-bond donors (Lipinski definition) is 2. The number of hydrogen-bond acceptors (Lipinski definition) is 3. The van der Waals surface area contributed by atoms with Crippen LogP contribution in [0, 0.1) is 6.92 Å². The van der Waals surface area contributed by atoms with Crippen LogP contribution in [0.3, 0.4) is 0 Å². The fourth-order valence-electron chi connectivity index (χ4n) is 2.15. The predicted octanol–water partition coefficient (Wildman–Crippen LogP) is 3.09. The SMILES string of the molecule is Cc1cc(N(C)CC(C)(C)O)ccc1CNC(C)(C)C. The molecule has 0 spiro atoms. The maximum atomic E-state index is 9.90. The van der Waals surface area contributed by atoms with E-state index in [1.807, 2.05) is 20.9 Å². The van der Waals surface area contributed by atoms with E-state index in [1.165, 1.54) is 11.1 Å². The first-order chi connectivity index (χ1) is 8.98. The monoisotopic (exact) mass is 278 g/mol. The normalized spacial score (nSPS) is 12.6. The van der Waals surface area contributed by atoms with E-state index < -0.39 is 5.60 Å². The molecule has 0 atom stereocenters. The summed E-state index contributed by atoms with van der Waals surface area (Å²) >= 11 is 0. The lowest BCUT2D eigenvalue weighted by molar-refractivity contribution is 0.0886. The van der Waals surface area contributed by atoms with Crippen LogP contribution in [0.1, 0.15) is 45.7 Å². The molecular weight excluding hydrogens is 248 g/mol. The Morgan fingerprint density at radius 3 is 2.20 bits per heavy atom. The van der Waals surface area contributed by atoms with Crippen molar-refractivity contribution in [3.05, 3.63) is 29.3 Å². The number of nitrogens with zero attached hydrogens (tertiary/aromatic N) is 1. The Morgan fingerprint density at radius 1 is 1.15 bits per heavy atom. The van der Waals surface area contributed by atoms with Crippen molar-refractivity contribution in [1.82, 2.24) is 5.32 Å². The van der Waals surface area contributed by atoms with Gasteiger partial charge in [-0.2, -0.15) is 0 Å². The highest BCUT2D eigenvalue weighted by atomic mass is 16.3. The first-order valence-electron chi connectivity index (χ1n) is 7.26. The molecule has 1 aromatic carbocycles. The molecule has 0 heterocycles. The van der Waals surface area contributed by atoms with E-state index in [0.29, 0.717) is 6.54 Å². The topological polar surface area (TPSA) is 35.5 Å². The maximum Gasteiger partial charge on any atom is 0.0765 e. The largest absolute Gasteiger partial charge is 0.389 e. The number of aliphatic hydroxyl groups is 1. The zero-order chi connectivity index (χ0) is 15.6. The van der Waals surface area contributed by atoms with Crippen molar-refractivity contribution in [1.29, 1.82) is 0 Å². The molecule has 114 valence electrons. The summed E-state index contributed by atoms with van der Waals surface area (Å²) in [6, 6.07) is 6.48. The molecule has 0 aromatic heterocycles. The first kappa shape index (κ1) is 17.0. The van der Waals surface area contributed by atoms with Gasteiger partial charge in [0.05, 0.1) is 5.60 Å². The smallest absolute Gasteiger partial charge is 0.0765 e. The van der Waals surface area contributed by atoms with Crippen molar-refractivity contribution in [3.63, 3.8) is 0 Å². The van der Waals surface area contributed by atoms with Gasteiger partial charge in [-0.05, 0) is 64.8 Å². The molecule has 3 nitrogen and oxygen atoms in total. The number of nitrogens with one attached hydrogen (secondary N) is 1. The summed E-state index contributed by atoms with van der Waals surface area (Å²) in [6.45, 7) is 13.8. The molecule has 1 rings (SSSR count). The van der Waals surface area contributed by atoms with Crippen molar-refractivity contribution >= 4 is 5.69 Å². The quantitative estimate of drug-likeness (QED) is 0.869. The van der Waals surface area contributed by atoms with E-state index in [9.17, 15) is 5.11 Å². The fourth-order valence-corrected chi connectivity index (χ4v) is 2.15. The van der Waals surface area contributed by atoms with Gasteiger partial charge in [0.25, 0.3) is 0 Å². The molecule has 20 heavy (non-hydrogen) atoms. The van der Waals surface area contributed by atoms with Gasteiger partial charge in [0.1, 0.15) is 0 Å². The van der Waals surface area contributed by atoms with E-state index in [0.717, 1.165) is 12.2 Å². The molecule has 0 bridgehead atoms. The second kappa shape index (κ2) is 6.15. The van der Waals surface area contributed by atoms with Gasteiger partial charge in [0, 0.05) is 31.4 Å². The van der Waals surface area contributed by atoms with Crippen molar-refractivity contribution < 1.29 is 5.11 Å². The van der Waals surface area contributed by atoms with Crippen LogP contribution in [-0.2, 0) is 6.54 Å². The average molecular weight is 278 g/mol. The lowest BCUT2D eigenvalue weighted by atomic mass is 10.0. The molecular formula is C17H30N2O. The van der Waals surface area contributed by atoms with Crippen LogP contribution in [0.2, 0.25) is 0 Å². The molecule has 2 N–H and O–H groups in total. The molecule has 0 radical (unpaired) electrons. The second-order valence-corrected chi connectivity index (χ2v) is 7.38. The highest BCUT2D eigenvalue weighted by Crippen LogP contribution is 2.20. The minimum absolute atomic E-state index is 0.128. The van der Waals surface area contributed by atoms with Gasteiger partial charge in [-0.3, -0.25) is 0 Å². The highest BCUT2D eigenvalue weighted by molar-refractivity contribution is 5.50. The predicted molar refractivity (Wildman–Crippen MR) is 87.3 cm³/mol. The minimum Gasteiger partial charge on any atom is -0.389 e. The summed E-state index contributed by atoms with van der Waals surface area (Å²) in [5, 5.41) is 13.4. The van der Waals surface area contributed by atoms with Crippen molar-refractivity contribution in [3.8, 4) is 0 Å². The van der Waals surface area contributed by atoms with E-state index in [-0.39, 0.29) is 5.54 Å². The Kier molecular flexibility index (Phi) is 5.22. The standard InChI is InChI=1S/C17H30N2O/c1-13-10-15(19(7)12-17(5,6)20)9-8-14(13)11-18-16(2,3)4/h8-10,18,20H,11-12H2,1-7H3. The summed E-state index contributed by atoms with van der Waals surface area (Å²) in [5.41, 5.74) is 3.18. The molecule has 0 aliphatic rings. The summed E-state index contributed by atoms with van der Waals surface area (Å²) in [6.07, 6.45) is 0. The van der Waals surface area contributed by atoms with Crippen LogP contribution in [0.25, 0.3) is 0 Å². The van der Waals surface area contributed by atoms with Crippen molar-refractivity contribution in [2.24, 2.45) is 0 Å². The van der Waals surface area contributed by atoms with Gasteiger partial charge in [-0.15, -0.1) is 0 Å². The van der Waals surface area contributed by atoms with Crippen molar-refractivity contribution in [2.75, 3.05) is 18.5 Å². The Bertz CT molecular complexity index is 441. The summed E-state index contributed by atoms with van der Waals surface area (Å²) in [7, 11) is 2.01. The summed E-state index contributed by atoms with van der Waals surface area (Å²) < 4.78 is 0. The Morgan fingerprint density at radius 2 is 1.75 bits per heavy atom. The van der Waals surface area contributed by atoms with Gasteiger partial charge >= 0.3 is 0 Å². The first-order valence-corrected chi connectivity index (χ1v) is 7.26. The molecule has 0 unspecified atom stereocenters. The lowest BCUT2D eigenvalue weighted by Gasteiger charge is -2.28.